The summed E-state index contributed by atoms with van der Waals surface area (Å²) in [6.45, 7) is 5.48. The van der Waals surface area contributed by atoms with Gasteiger partial charge in [0, 0.05) is 10.9 Å². The first-order valence-corrected chi connectivity index (χ1v) is 6.84. The van der Waals surface area contributed by atoms with Gasteiger partial charge in [-0.1, -0.05) is 25.1 Å². The first-order valence-electron chi connectivity index (χ1n) is 6.84. The third kappa shape index (κ3) is 3.59. The Balaban J connectivity index is 1.98. The van der Waals surface area contributed by atoms with Crippen LogP contribution in [0, 0.1) is 0 Å². The van der Waals surface area contributed by atoms with E-state index < -0.39 is 5.97 Å². The van der Waals surface area contributed by atoms with Crippen LogP contribution in [-0.2, 0) is 9.53 Å². The minimum Gasteiger partial charge on any atom is -0.451 e. The number of para-hydroxylation sites is 1. The van der Waals surface area contributed by atoms with Gasteiger partial charge in [-0.25, -0.2) is 4.79 Å². The average Bonchev–Trinajstić information content (AvgIpc) is 2.88. The van der Waals surface area contributed by atoms with Gasteiger partial charge in [-0.05, 0) is 26.3 Å². The van der Waals surface area contributed by atoms with Crippen LogP contribution in [0.1, 0.15) is 37.7 Å². The molecule has 0 saturated carbocycles. The number of esters is 1. The molecule has 1 heterocycles. The molecule has 0 spiro atoms. The Hall–Kier alpha value is -2.37. The molecule has 2 N–H and O–H groups in total. The van der Waals surface area contributed by atoms with Crippen molar-refractivity contribution < 1.29 is 14.3 Å². The molecule has 112 valence electrons. The van der Waals surface area contributed by atoms with Crippen molar-refractivity contribution in [1.29, 1.82) is 0 Å². The Kier molecular flexibility index (Phi) is 4.26. The predicted octanol–water partition coefficient (Wildman–Crippen LogP) is 2.02. The Bertz CT molecular complexity index is 661. The van der Waals surface area contributed by atoms with Gasteiger partial charge in [-0.15, -0.1) is 0 Å². The molecule has 6 nitrogen and oxygen atoms in total. The fraction of sp³-hybridized carbons (Fsp3) is 0.400. The number of nitrogens with zero attached hydrogens (tertiary/aromatic N) is 1. The second-order valence-electron chi connectivity index (χ2n) is 5.48. The highest BCUT2D eigenvalue weighted by Crippen LogP contribution is 2.15. The molecule has 0 atom stereocenters. The summed E-state index contributed by atoms with van der Waals surface area (Å²) in [5, 5.41) is 10.2. The lowest BCUT2D eigenvalue weighted by Crippen LogP contribution is -2.44. The highest BCUT2D eigenvalue weighted by atomic mass is 16.5. The number of ether oxygens (including phenoxy) is 1. The molecule has 0 aliphatic rings. The smallest absolute Gasteiger partial charge is 0.359 e. The molecule has 1 aromatic heterocycles. The number of H-pyrrole nitrogens is 1. The lowest BCUT2D eigenvalue weighted by Gasteiger charge is -2.24. The van der Waals surface area contributed by atoms with E-state index >= 15 is 0 Å². The van der Waals surface area contributed by atoms with E-state index in [0.717, 1.165) is 11.9 Å². The molecule has 1 amide bonds. The van der Waals surface area contributed by atoms with Gasteiger partial charge >= 0.3 is 5.97 Å². The Morgan fingerprint density at radius 3 is 2.76 bits per heavy atom. The molecular formula is C15H19N3O3. The number of amides is 1. The predicted molar refractivity (Wildman–Crippen MR) is 78.9 cm³/mol. The van der Waals surface area contributed by atoms with Crippen LogP contribution in [-0.4, -0.2) is 34.2 Å². The minimum atomic E-state index is -0.614. The fourth-order valence-corrected chi connectivity index (χ4v) is 1.82. The highest BCUT2D eigenvalue weighted by Gasteiger charge is 2.20. The number of benzene rings is 1. The van der Waals surface area contributed by atoms with Crippen LogP contribution >= 0.6 is 0 Å². The van der Waals surface area contributed by atoms with Gasteiger partial charge in [0.2, 0.25) is 0 Å². The molecule has 21 heavy (non-hydrogen) atoms. The van der Waals surface area contributed by atoms with E-state index in [1.807, 2.05) is 39.0 Å². The lowest BCUT2D eigenvalue weighted by atomic mass is 10.0. The van der Waals surface area contributed by atoms with Crippen LogP contribution in [0.5, 0.6) is 0 Å². The fourth-order valence-electron chi connectivity index (χ4n) is 1.82. The van der Waals surface area contributed by atoms with Crippen molar-refractivity contribution in [2.45, 2.75) is 32.7 Å². The zero-order valence-corrected chi connectivity index (χ0v) is 12.4. The Morgan fingerprint density at radius 2 is 2.05 bits per heavy atom. The van der Waals surface area contributed by atoms with Crippen LogP contribution in [0.4, 0.5) is 0 Å². The van der Waals surface area contributed by atoms with Gasteiger partial charge in [0.25, 0.3) is 5.91 Å². The topological polar surface area (TPSA) is 84.1 Å². The standard InChI is InChI=1S/C15H19N3O3/c1-4-15(2,3)16-12(19)9-21-14(20)13-10-7-5-6-8-11(10)17-18-13/h5-8H,4,9H2,1-3H3,(H,16,19)(H,17,18). The van der Waals surface area contributed by atoms with E-state index in [0.29, 0.717) is 5.39 Å². The molecule has 0 saturated heterocycles. The SMILES string of the molecule is CCC(C)(C)NC(=O)COC(=O)c1n[nH]c2ccccc12. The first kappa shape index (κ1) is 15.0. The monoisotopic (exact) mass is 289 g/mol. The van der Waals surface area contributed by atoms with Crippen molar-refractivity contribution in [2.75, 3.05) is 6.61 Å². The number of carbonyl (C=O) groups excluding carboxylic acids is 2. The summed E-state index contributed by atoms with van der Waals surface area (Å²) in [7, 11) is 0. The van der Waals surface area contributed by atoms with E-state index in [4.69, 9.17) is 4.74 Å². The third-order valence-corrected chi connectivity index (χ3v) is 3.36. The van der Waals surface area contributed by atoms with Crippen molar-refractivity contribution in [3.8, 4) is 0 Å². The molecule has 0 fully saturated rings. The summed E-state index contributed by atoms with van der Waals surface area (Å²) in [4.78, 5) is 23.7. The summed E-state index contributed by atoms with van der Waals surface area (Å²) < 4.78 is 5.01. The molecule has 0 radical (unpaired) electrons. The molecule has 1 aromatic carbocycles. The summed E-state index contributed by atoms with van der Waals surface area (Å²) in [6.07, 6.45) is 0.788. The Labute approximate surface area is 122 Å². The highest BCUT2D eigenvalue weighted by molar-refractivity contribution is 6.02. The molecule has 0 aliphatic heterocycles. The van der Waals surface area contributed by atoms with Crippen molar-refractivity contribution in [2.24, 2.45) is 0 Å². The summed E-state index contributed by atoms with van der Waals surface area (Å²) in [5.74, 6) is -0.938. The summed E-state index contributed by atoms with van der Waals surface area (Å²) >= 11 is 0. The van der Waals surface area contributed by atoms with Gasteiger partial charge in [0.1, 0.15) is 0 Å². The van der Waals surface area contributed by atoms with Crippen LogP contribution in [0.15, 0.2) is 24.3 Å². The van der Waals surface area contributed by atoms with Gasteiger partial charge in [-0.2, -0.15) is 5.10 Å². The maximum Gasteiger partial charge on any atom is 0.359 e. The van der Waals surface area contributed by atoms with Crippen LogP contribution < -0.4 is 5.32 Å². The molecule has 2 aromatic rings. The zero-order valence-electron chi connectivity index (χ0n) is 12.4. The number of aromatic nitrogens is 2. The molecule has 0 aliphatic carbocycles. The zero-order chi connectivity index (χ0) is 15.5. The molecule has 0 unspecified atom stereocenters. The molecule has 2 rings (SSSR count). The number of aromatic amines is 1. The van der Waals surface area contributed by atoms with Gasteiger partial charge in [0.15, 0.2) is 12.3 Å². The minimum absolute atomic E-state index is 0.188. The van der Waals surface area contributed by atoms with E-state index in [9.17, 15) is 9.59 Å². The first-order chi connectivity index (χ1) is 9.93. The van der Waals surface area contributed by atoms with Crippen molar-refractivity contribution >= 4 is 22.8 Å². The number of hydrogen-bond acceptors (Lipinski definition) is 4. The quantitative estimate of drug-likeness (QED) is 0.825. The van der Waals surface area contributed by atoms with Crippen LogP contribution in [0.3, 0.4) is 0 Å². The third-order valence-electron chi connectivity index (χ3n) is 3.36. The second kappa shape index (κ2) is 5.95. The second-order valence-corrected chi connectivity index (χ2v) is 5.48. The Morgan fingerprint density at radius 1 is 1.33 bits per heavy atom. The van der Waals surface area contributed by atoms with Crippen molar-refractivity contribution in [3.05, 3.63) is 30.0 Å². The van der Waals surface area contributed by atoms with Crippen LogP contribution in [0.25, 0.3) is 10.9 Å². The van der Waals surface area contributed by atoms with E-state index in [1.54, 1.807) is 6.07 Å². The van der Waals surface area contributed by atoms with E-state index in [-0.39, 0.29) is 23.7 Å². The lowest BCUT2D eigenvalue weighted by molar-refractivity contribution is -0.125. The summed E-state index contributed by atoms with van der Waals surface area (Å²) in [6, 6.07) is 7.24. The molecular weight excluding hydrogens is 270 g/mol. The van der Waals surface area contributed by atoms with Crippen molar-refractivity contribution in [1.82, 2.24) is 15.5 Å². The van der Waals surface area contributed by atoms with E-state index in [1.165, 1.54) is 0 Å². The van der Waals surface area contributed by atoms with Crippen molar-refractivity contribution in [3.63, 3.8) is 0 Å². The molecule has 6 heteroatoms. The maximum absolute atomic E-state index is 12.0. The van der Waals surface area contributed by atoms with Gasteiger partial charge < -0.3 is 10.1 Å². The molecule has 0 bridgehead atoms. The number of carbonyl (C=O) groups is 2. The summed E-state index contributed by atoms with van der Waals surface area (Å²) in [5.41, 5.74) is 0.622. The van der Waals surface area contributed by atoms with Crippen LogP contribution in [0.2, 0.25) is 0 Å². The number of fused-ring (bicyclic) bond motifs is 1. The number of hydrogen-bond donors (Lipinski definition) is 2. The van der Waals surface area contributed by atoms with E-state index in [2.05, 4.69) is 15.5 Å². The normalized spacial score (nSPS) is 11.4. The largest absolute Gasteiger partial charge is 0.451 e. The van der Waals surface area contributed by atoms with Gasteiger partial charge in [-0.3, -0.25) is 9.89 Å². The number of nitrogens with one attached hydrogen (secondary N) is 2. The average molecular weight is 289 g/mol. The van der Waals surface area contributed by atoms with Gasteiger partial charge in [0.05, 0.1) is 5.52 Å². The maximum atomic E-state index is 12.0. The number of rotatable bonds is 5.